The molecular formula is C21H27N3O3. The first kappa shape index (κ1) is 19.1. The van der Waals surface area contributed by atoms with Crippen LogP contribution in [0.15, 0.2) is 36.5 Å². The minimum Gasteiger partial charge on any atom is -0.444 e. The highest BCUT2D eigenvalue weighted by Gasteiger charge is 2.27. The number of hydrogen-bond acceptors (Lipinski definition) is 4. The van der Waals surface area contributed by atoms with E-state index in [4.69, 9.17) is 4.74 Å². The van der Waals surface area contributed by atoms with Gasteiger partial charge in [0.05, 0.1) is 0 Å². The minimum atomic E-state index is -0.515. The molecule has 0 aliphatic carbocycles. The number of piperidine rings is 1. The molecule has 144 valence electrons. The number of ether oxygens (including phenoxy) is 1. The van der Waals surface area contributed by atoms with Crippen LogP contribution in [0.1, 0.15) is 44.1 Å². The average molecular weight is 369 g/mol. The summed E-state index contributed by atoms with van der Waals surface area (Å²) in [7, 11) is 0. The number of likely N-dealkylation sites (tertiary alicyclic amines) is 1. The number of aromatic nitrogens is 1. The van der Waals surface area contributed by atoms with Crippen LogP contribution in [-0.4, -0.2) is 47.1 Å². The Labute approximate surface area is 159 Å². The number of carbonyl (C=O) groups excluding carboxylic acids is 2. The maximum atomic E-state index is 13.0. The number of benzene rings is 1. The molecule has 0 saturated carbocycles. The van der Waals surface area contributed by atoms with E-state index in [0.717, 1.165) is 23.6 Å². The summed E-state index contributed by atoms with van der Waals surface area (Å²) in [4.78, 5) is 31.1. The van der Waals surface area contributed by atoms with Gasteiger partial charge in [-0.3, -0.25) is 9.78 Å². The highest BCUT2D eigenvalue weighted by molar-refractivity contribution is 6.05. The van der Waals surface area contributed by atoms with Gasteiger partial charge in [0.2, 0.25) is 0 Å². The molecule has 1 atom stereocenters. The molecule has 2 heterocycles. The molecule has 6 nitrogen and oxygen atoms in total. The molecule has 0 spiro atoms. The monoisotopic (exact) mass is 369 g/mol. The lowest BCUT2D eigenvalue weighted by atomic mass is 9.97. The zero-order valence-electron chi connectivity index (χ0n) is 16.2. The molecule has 1 aromatic heterocycles. The Morgan fingerprint density at radius 1 is 1.26 bits per heavy atom. The quantitative estimate of drug-likeness (QED) is 0.897. The van der Waals surface area contributed by atoms with Gasteiger partial charge in [-0.1, -0.05) is 24.3 Å². The van der Waals surface area contributed by atoms with E-state index < -0.39 is 11.7 Å². The zero-order valence-corrected chi connectivity index (χ0v) is 16.2. The lowest BCUT2D eigenvalue weighted by molar-refractivity contribution is 0.0502. The summed E-state index contributed by atoms with van der Waals surface area (Å²) in [6.45, 7) is 7.34. The molecule has 1 fully saturated rings. The molecule has 1 saturated heterocycles. The Morgan fingerprint density at radius 3 is 2.81 bits per heavy atom. The van der Waals surface area contributed by atoms with Gasteiger partial charge in [0.1, 0.15) is 11.3 Å². The van der Waals surface area contributed by atoms with Gasteiger partial charge in [0, 0.05) is 31.2 Å². The molecular weight excluding hydrogens is 342 g/mol. The number of amides is 2. The largest absolute Gasteiger partial charge is 0.444 e. The first-order chi connectivity index (χ1) is 12.8. The molecule has 1 N–H and O–H groups in total. The summed E-state index contributed by atoms with van der Waals surface area (Å²) >= 11 is 0. The SMILES string of the molecule is CC(C)(C)OC(=O)NC[C@H]1CCCN(C(=O)c2nccc3ccccc23)C1. The van der Waals surface area contributed by atoms with Crippen molar-refractivity contribution in [2.45, 2.75) is 39.2 Å². The van der Waals surface area contributed by atoms with Crippen LogP contribution in [0, 0.1) is 5.92 Å². The highest BCUT2D eigenvalue weighted by Crippen LogP contribution is 2.22. The van der Waals surface area contributed by atoms with E-state index in [2.05, 4.69) is 10.3 Å². The van der Waals surface area contributed by atoms with Crippen molar-refractivity contribution in [1.82, 2.24) is 15.2 Å². The Morgan fingerprint density at radius 2 is 2.04 bits per heavy atom. The van der Waals surface area contributed by atoms with E-state index in [1.807, 2.05) is 56.0 Å². The molecule has 27 heavy (non-hydrogen) atoms. The fraction of sp³-hybridized carbons (Fsp3) is 0.476. The van der Waals surface area contributed by atoms with E-state index in [1.54, 1.807) is 6.20 Å². The molecule has 1 aromatic carbocycles. The summed E-state index contributed by atoms with van der Waals surface area (Å²) < 4.78 is 5.28. The number of nitrogens with one attached hydrogen (secondary N) is 1. The first-order valence-electron chi connectivity index (χ1n) is 9.43. The van der Waals surface area contributed by atoms with E-state index in [0.29, 0.717) is 25.3 Å². The second-order valence-electron chi connectivity index (χ2n) is 8.02. The first-order valence-corrected chi connectivity index (χ1v) is 9.43. The number of carbonyl (C=O) groups is 2. The Balaban J connectivity index is 1.64. The Kier molecular flexibility index (Phi) is 5.63. The van der Waals surface area contributed by atoms with Gasteiger partial charge in [-0.05, 0) is 51.0 Å². The molecule has 0 bridgehead atoms. The van der Waals surface area contributed by atoms with E-state index >= 15 is 0 Å². The standard InChI is InChI=1S/C21H27N3O3/c1-21(2,3)27-20(26)23-13-15-7-6-12-24(14-15)19(25)18-17-9-5-4-8-16(17)10-11-22-18/h4-5,8-11,15H,6-7,12-14H2,1-3H3,(H,23,26)/t15-/m1/s1. The van der Waals surface area contributed by atoms with Gasteiger partial charge in [0.15, 0.2) is 0 Å². The van der Waals surface area contributed by atoms with Crippen molar-refractivity contribution in [1.29, 1.82) is 0 Å². The lowest BCUT2D eigenvalue weighted by Crippen LogP contribution is -2.44. The van der Waals surface area contributed by atoms with Crippen LogP contribution in [0.4, 0.5) is 4.79 Å². The molecule has 2 aromatic rings. The normalized spacial score (nSPS) is 17.6. The van der Waals surface area contributed by atoms with Crippen LogP contribution in [0.5, 0.6) is 0 Å². The van der Waals surface area contributed by atoms with Crippen LogP contribution in [0.2, 0.25) is 0 Å². The van der Waals surface area contributed by atoms with E-state index in [1.165, 1.54) is 0 Å². The average Bonchev–Trinajstić information content (AvgIpc) is 2.64. The third-order valence-electron chi connectivity index (χ3n) is 4.62. The minimum absolute atomic E-state index is 0.0474. The van der Waals surface area contributed by atoms with Crippen molar-refractivity contribution in [3.8, 4) is 0 Å². The number of rotatable bonds is 3. The molecule has 6 heteroatoms. The van der Waals surface area contributed by atoms with Crippen molar-refractivity contribution in [3.05, 3.63) is 42.2 Å². The lowest BCUT2D eigenvalue weighted by Gasteiger charge is -2.33. The maximum absolute atomic E-state index is 13.0. The van der Waals surface area contributed by atoms with Crippen LogP contribution in [0.3, 0.4) is 0 Å². The molecule has 2 amide bonds. The Hall–Kier alpha value is -2.63. The number of nitrogens with zero attached hydrogens (tertiary/aromatic N) is 2. The van der Waals surface area contributed by atoms with E-state index in [-0.39, 0.29) is 11.8 Å². The Bertz CT molecular complexity index is 824. The van der Waals surface area contributed by atoms with Crippen LogP contribution in [0.25, 0.3) is 10.8 Å². The fourth-order valence-electron chi connectivity index (χ4n) is 3.40. The van der Waals surface area contributed by atoms with E-state index in [9.17, 15) is 9.59 Å². The summed E-state index contributed by atoms with van der Waals surface area (Å²) in [5.74, 6) is 0.166. The molecule has 1 aliphatic rings. The predicted octanol–water partition coefficient (Wildman–Crippen LogP) is 3.61. The smallest absolute Gasteiger partial charge is 0.407 e. The summed E-state index contributed by atoms with van der Waals surface area (Å²) in [5.41, 5.74) is -0.0209. The fourth-order valence-corrected chi connectivity index (χ4v) is 3.40. The van der Waals surface area contributed by atoms with Crippen LogP contribution < -0.4 is 5.32 Å². The number of alkyl carbamates (subject to hydrolysis) is 1. The highest BCUT2D eigenvalue weighted by atomic mass is 16.6. The van der Waals surface area contributed by atoms with Gasteiger partial charge < -0.3 is 15.0 Å². The van der Waals surface area contributed by atoms with Gasteiger partial charge in [0.25, 0.3) is 5.91 Å². The van der Waals surface area contributed by atoms with Crippen LogP contribution >= 0.6 is 0 Å². The van der Waals surface area contributed by atoms with Gasteiger partial charge >= 0.3 is 6.09 Å². The number of hydrogen-bond donors (Lipinski definition) is 1. The third-order valence-corrected chi connectivity index (χ3v) is 4.62. The van der Waals surface area contributed by atoms with Crippen molar-refractivity contribution < 1.29 is 14.3 Å². The number of fused-ring (bicyclic) bond motifs is 1. The molecule has 0 unspecified atom stereocenters. The van der Waals surface area contributed by atoms with Crippen molar-refractivity contribution >= 4 is 22.8 Å². The summed E-state index contributed by atoms with van der Waals surface area (Å²) in [5, 5.41) is 4.71. The van der Waals surface area contributed by atoms with Gasteiger partial charge in [-0.2, -0.15) is 0 Å². The third kappa shape index (κ3) is 4.96. The summed E-state index contributed by atoms with van der Waals surface area (Å²) in [6.07, 6.45) is 3.16. The molecule has 0 radical (unpaired) electrons. The molecule has 1 aliphatic heterocycles. The molecule has 3 rings (SSSR count). The zero-order chi connectivity index (χ0) is 19.4. The topological polar surface area (TPSA) is 71.5 Å². The van der Waals surface area contributed by atoms with Crippen molar-refractivity contribution in [2.75, 3.05) is 19.6 Å². The van der Waals surface area contributed by atoms with Gasteiger partial charge in [-0.25, -0.2) is 4.79 Å². The van der Waals surface area contributed by atoms with Gasteiger partial charge in [-0.15, -0.1) is 0 Å². The summed E-state index contributed by atoms with van der Waals surface area (Å²) in [6, 6.07) is 9.70. The predicted molar refractivity (Wildman–Crippen MR) is 105 cm³/mol. The second-order valence-corrected chi connectivity index (χ2v) is 8.02. The second kappa shape index (κ2) is 7.94. The maximum Gasteiger partial charge on any atom is 0.407 e. The van der Waals surface area contributed by atoms with Crippen molar-refractivity contribution in [3.63, 3.8) is 0 Å². The van der Waals surface area contributed by atoms with Crippen LogP contribution in [-0.2, 0) is 4.74 Å². The van der Waals surface area contributed by atoms with Crippen molar-refractivity contribution in [2.24, 2.45) is 5.92 Å². The number of pyridine rings is 1.